The van der Waals surface area contributed by atoms with Crippen LogP contribution in [-0.2, 0) is 4.79 Å². The lowest BCUT2D eigenvalue weighted by molar-refractivity contribution is -0.126. The highest BCUT2D eigenvalue weighted by atomic mass is 16.3. The first kappa shape index (κ1) is 12.5. The fourth-order valence-corrected chi connectivity index (χ4v) is 2.03. The number of rotatable bonds is 4. The number of nitrogens with one attached hydrogen (secondary N) is 1. The summed E-state index contributed by atoms with van der Waals surface area (Å²) in [7, 11) is 0. The van der Waals surface area contributed by atoms with Crippen molar-refractivity contribution < 1.29 is 9.90 Å². The highest BCUT2D eigenvalue weighted by molar-refractivity contribution is 5.78. The average Bonchev–Trinajstić information content (AvgIpc) is 2.26. The summed E-state index contributed by atoms with van der Waals surface area (Å²) in [4.78, 5) is 11.7. The molecule has 0 heterocycles. The third-order valence-electron chi connectivity index (χ3n) is 3.37. The Kier molecular flexibility index (Phi) is 5.09. The van der Waals surface area contributed by atoms with Crippen molar-refractivity contribution >= 4 is 5.91 Å². The summed E-state index contributed by atoms with van der Waals surface area (Å²) in [6.07, 6.45) is 4.64. The highest BCUT2D eigenvalue weighted by Gasteiger charge is 2.24. The zero-order chi connectivity index (χ0) is 11.3. The third-order valence-corrected chi connectivity index (χ3v) is 3.37. The molecule has 0 aromatic rings. The molecule has 0 aliphatic heterocycles. The second-order valence-electron chi connectivity index (χ2n) is 4.76. The van der Waals surface area contributed by atoms with E-state index in [4.69, 9.17) is 0 Å². The summed E-state index contributed by atoms with van der Waals surface area (Å²) in [5, 5.41) is 12.2. The number of hydrogen-bond acceptors (Lipinski definition) is 2. The van der Waals surface area contributed by atoms with Gasteiger partial charge in [0.05, 0.1) is 6.10 Å². The van der Waals surface area contributed by atoms with Gasteiger partial charge in [-0.15, -0.1) is 0 Å². The van der Waals surface area contributed by atoms with E-state index >= 15 is 0 Å². The summed E-state index contributed by atoms with van der Waals surface area (Å²) in [5.41, 5.74) is 0. The molecule has 88 valence electrons. The van der Waals surface area contributed by atoms with Crippen LogP contribution in [0.2, 0.25) is 0 Å². The fraction of sp³-hybridized carbons (Fsp3) is 0.917. The summed E-state index contributed by atoms with van der Waals surface area (Å²) >= 11 is 0. The van der Waals surface area contributed by atoms with Gasteiger partial charge in [-0.05, 0) is 38.0 Å². The molecular formula is C12H23NO2. The lowest BCUT2D eigenvalue weighted by atomic mass is 9.82. The molecule has 0 aromatic carbocycles. The van der Waals surface area contributed by atoms with Gasteiger partial charge in [0.1, 0.15) is 0 Å². The van der Waals surface area contributed by atoms with Crippen molar-refractivity contribution in [3.05, 3.63) is 0 Å². The van der Waals surface area contributed by atoms with Gasteiger partial charge in [-0.3, -0.25) is 4.79 Å². The van der Waals surface area contributed by atoms with E-state index in [1.54, 1.807) is 0 Å². The molecule has 0 spiro atoms. The normalized spacial score (nSPS) is 28.5. The van der Waals surface area contributed by atoms with Crippen LogP contribution in [0.15, 0.2) is 0 Å². The summed E-state index contributed by atoms with van der Waals surface area (Å²) in [5.74, 6) is 1.09. The van der Waals surface area contributed by atoms with Crippen molar-refractivity contribution in [1.29, 1.82) is 0 Å². The lowest BCUT2D eigenvalue weighted by Gasteiger charge is -2.25. The second-order valence-corrected chi connectivity index (χ2v) is 4.76. The first-order valence-corrected chi connectivity index (χ1v) is 6.09. The monoisotopic (exact) mass is 213 g/mol. The van der Waals surface area contributed by atoms with Crippen LogP contribution in [0.25, 0.3) is 0 Å². The SMILES string of the molecule is CCC(O)CNC(=O)C1CCC(C)CC1. The van der Waals surface area contributed by atoms with Crippen molar-refractivity contribution in [2.24, 2.45) is 11.8 Å². The molecule has 1 aliphatic carbocycles. The Morgan fingerprint density at radius 2 is 2.00 bits per heavy atom. The van der Waals surface area contributed by atoms with Crippen molar-refractivity contribution in [3.8, 4) is 0 Å². The molecule has 1 saturated carbocycles. The maximum atomic E-state index is 11.7. The topological polar surface area (TPSA) is 49.3 Å². The van der Waals surface area contributed by atoms with E-state index in [9.17, 15) is 9.90 Å². The summed E-state index contributed by atoms with van der Waals surface area (Å²) in [6, 6.07) is 0. The third kappa shape index (κ3) is 4.20. The summed E-state index contributed by atoms with van der Waals surface area (Å²) in [6.45, 7) is 4.56. The van der Waals surface area contributed by atoms with E-state index in [2.05, 4.69) is 12.2 Å². The van der Waals surface area contributed by atoms with Crippen LogP contribution in [0.1, 0.15) is 46.0 Å². The second kappa shape index (κ2) is 6.11. The Hall–Kier alpha value is -0.570. The van der Waals surface area contributed by atoms with Gasteiger partial charge >= 0.3 is 0 Å². The van der Waals surface area contributed by atoms with E-state index in [0.717, 1.165) is 31.6 Å². The van der Waals surface area contributed by atoms with E-state index in [-0.39, 0.29) is 11.8 Å². The zero-order valence-corrected chi connectivity index (χ0v) is 9.83. The van der Waals surface area contributed by atoms with E-state index in [1.165, 1.54) is 0 Å². The number of amides is 1. The molecule has 1 unspecified atom stereocenters. The van der Waals surface area contributed by atoms with Crippen LogP contribution in [0.4, 0.5) is 0 Å². The van der Waals surface area contributed by atoms with Crippen molar-refractivity contribution in [1.82, 2.24) is 5.32 Å². The molecule has 1 atom stereocenters. The number of hydrogen-bond donors (Lipinski definition) is 2. The maximum absolute atomic E-state index is 11.7. The molecule has 1 fully saturated rings. The molecule has 1 amide bonds. The predicted molar refractivity (Wildman–Crippen MR) is 60.4 cm³/mol. The molecule has 0 bridgehead atoms. The molecule has 0 saturated heterocycles. The van der Waals surface area contributed by atoms with Crippen LogP contribution < -0.4 is 5.32 Å². The fourth-order valence-electron chi connectivity index (χ4n) is 2.03. The number of carbonyl (C=O) groups is 1. The van der Waals surface area contributed by atoms with E-state index in [0.29, 0.717) is 13.0 Å². The standard InChI is InChI=1S/C12H23NO2/c1-3-11(14)8-13-12(15)10-6-4-9(2)5-7-10/h9-11,14H,3-8H2,1-2H3,(H,13,15). The lowest BCUT2D eigenvalue weighted by Crippen LogP contribution is -2.37. The molecule has 0 aromatic heterocycles. The summed E-state index contributed by atoms with van der Waals surface area (Å²) < 4.78 is 0. The largest absolute Gasteiger partial charge is 0.391 e. The van der Waals surface area contributed by atoms with Gasteiger partial charge in [-0.1, -0.05) is 13.8 Å². The van der Waals surface area contributed by atoms with Crippen LogP contribution >= 0.6 is 0 Å². The Morgan fingerprint density at radius 3 is 2.53 bits per heavy atom. The minimum atomic E-state index is -0.392. The quantitative estimate of drug-likeness (QED) is 0.746. The average molecular weight is 213 g/mol. The number of aliphatic hydroxyl groups excluding tert-OH is 1. The molecule has 2 N–H and O–H groups in total. The zero-order valence-electron chi connectivity index (χ0n) is 9.83. The maximum Gasteiger partial charge on any atom is 0.223 e. The van der Waals surface area contributed by atoms with Gasteiger partial charge in [-0.25, -0.2) is 0 Å². The van der Waals surface area contributed by atoms with Gasteiger partial charge in [0.15, 0.2) is 0 Å². The van der Waals surface area contributed by atoms with E-state index < -0.39 is 6.10 Å². The Labute approximate surface area is 92.3 Å². The Balaban J connectivity index is 2.22. The Bertz CT molecular complexity index is 198. The van der Waals surface area contributed by atoms with Gasteiger partial charge in [-0.2, -0.15) is 0 Å². The van der Waals surface area contributed by atoms with Crippen molar-refractivity contribution in [2.45, 2.75) is 52.1 Å². The van der Waals surface area contributed by atoms with Gasteiger partial charge in [0.2, 0.25) is 5.91 Å². The first-order chi connectivity index (χ1) is 7.13. The predicted octanol–water partition coefficient (Wildman–Crippen LogP) is 1.70. The highest BCUT2D eigenvalue weighted by Crippen LogP contribution is 2.28. The Morgan fingerprint density at radius 1 is 1.40 bits per heavy atom. The van der Waals surface area contributed by atoms with Gasteiger partial charge in [0, 0.05) is 12.5 Å². The molecule has 1 rings (SSSR count). The van der Waals surface area contributed by atoms with Crippen molar-refractivity contribution in [2.75, 3.05) is 6.54 Å². The molecule has 3 nitrogen and oxygen atoms in total. The van der Waals surface area contributed by atoms with Crippen LogP contribution in [0.5, 0.6) is 0 Å². The minimum absolute atomic E-state index is 0.134. The molecule has 1 aliphatic rings. The van der Waals surface area contributed by atoms with Gasteiger partial charge < -0.3 is 10.4 Å². The van der Waals surface area contributed by atoms with Crippen LogP contribution in [-0.4, -0.2) is 23.7 Å². The van der Waals surface area contributed by atoms with E-state index in [1.807, 2.05) is 6.92 Å². The van der Waals surface area contributed by atoms with Crippen LogP contribution in [0, 0.1) is 11.8 Å². The van der Waals surface area contributed by atoms with Crippen molar-refractivity contribution in [3.63, 3.8) is 0 Å². The minimum Gasteiger partial charge on any atom is -0.391 e. The smallest absolute Gasteiger partial charge is 0.223 e. The number of aliphatic hydroxyl groups is 1. The molecule has 0 radical (unpaired) electrons. The molecule has 15 heavy (non-hydrogen) atoms. The molecular weight excluding hydrogens is 190 g/mol. The van der Waals surface area contributed by atoms with Gasteiger partial charge in [0.25, 0.3) is 0 Å². The van der Waals surface area contributed by atoms with Crippen LogP contribution in [0.3, 0.4) is 0 Å². The number of carbonyl (C=O) groups excluding carboxylic acids is 1. The molecule has 3 heteroatoms. The first-order valence-electron chi connectivity index (χ1n) is 6.09.